The molecule has 0 amide bonds. The van der Waals surface area contributed by atoms with E-state index in [9.17, 15) is 0 Å². The highest BCUT2D eigenvalue weighted by molar-refractivity contribution is 6.30. The summed E-state index contributed by atoms with van der Waals surface area (Å²) in [5, 5.41) is 0.643. The molecule has 0 aliphatic heterocycles. The summed E-state index contributed by atoms with van der Waals surface area (Å²) < 4.78 is 11.2. The maximum absolute atomic E-state index is 5.95. The number of aryl methyl sites for hydroxylation is 1. The molecule has 3 nitrogen and oxygen atoms in total. The van der Waals surface area contributed by atoms with Gasteiger partial charge in [0.25, 0.3) is 0 Å². The number of nitrogens with zero attached hydrogens (tertiary/aromatic N) is 1. The number of halogens is 2. The molecule has 0 aliphatic rings. The number of pyridine rings is 1. The van der Waals surface area contributed by atoms with Crippen LogP contribution in [0.4, 0.5) is 0 Å². The lowest BCUT2D eigenvalue weighted by molar-refractivity contribution is 0.296. The smallest absolute Gasteiger partial charge is 0.131 e. The third-order valence-corrected chi connectivity index (χ3v) is 3.80. The van der Waals surface area contributed by atoms with Gasteiger partial charge in [-0.2, -0.15) is 0 Å². The summed E-state index contributed by atoms with van der Waals surface area (Å²) in [4.78, 5) is 4.41. The van der Waals surface area contributed by atoms with Gasteiger partial charge < -0.3 is 9.47 Å². The molecular weight excluding hydrogens is 309 g/mol. The minimum absolute atomic E-state index is 0.347. The van der Waals surface area contributed by atoms with Crippen LogP contribution in [-0.2, 0) is 12.5 Å². The van der Waals surface area contributed by atoms with E-state index < -0.39 is 0 Å². The first-order valence-electron chi connectivity index (χ1n) is 6.53. The van der Waals surface area contributed by atoms with Gasteiger partial charge >= 0.3 is 0 Å². The fraction of sp³-hybridized carbons (Fsp3) is 0.312. The molecule has 1 aromatic heterocycles. The van der Waals surface area contributed by atoms with Gasteiger partial charge in [0.15, 0.2) is 0 Å². The molecule has 112 valence electrons. The molecule has 0 aliphatic carbocycles. The van der Waals surface area contributed by atoms with E-state index in [2.05, 4.69) is 4.98 Å². The van der Waals surface area contributed by atoms with Gasteiger partial charge in [-0.1, -0.05) is 11.6 Å². The monoisotopic (exact) mass is 325 g/mol. The lowest BCUT2D eigenvalue weighted by atomic mass is 10.1. The van der Waals surface area contributed by atoms with Gasteiger partial charge in [-0.25, -0.2) is 0 Å². The summed E-state index contributed by atoms with van der Waals surface area (Å²) >= 11 is 11.9. The van der Waals surface area contributed by atoms with Crippen LogP contribution in [0.5, 0.6) is 11.5 Å². The molecule has 2 aromatic rings. The Labute approximate surface area is 134 Å². The summed E-state index contributed by atoms with van der Waals surface area (Å²) in [6.07, 6.45) is 1.79. The maximum atomic E-state index is 5.95. The Morgan fingerprint density at radius 3 is 2.67 bits per heavy atom. The number of ether oxygens (including phenoxy) is 2. The maximum Gasteiger partial charge on any atom is 0.131 e. The van der Waals surface area contributed by atoms with Crippen LogP contribution in [0.25, 0.3) is 0 Å². The van der Waals surface area contributed by atoms with Crippen molar-refractivity contribution in [2.24, 2.45) is 0 Å². The van der Waals surface area contributed by atoms with Gasteiger partial charge in [-0.05, 0) is 32.0 Å². The van der Waals surface area contributed by atoms with E-state index in [1.165, 1.54) is 0 Å². The molecule has 0 unspecified atom stereocenters. The van der Waals surface area contributed by atoms with Crippen LogP contribution in [0.2, 0.25) is 5.02 Å². The summed E-state index contributed by atoms with van der Waals surface area (Å²) in [6.45, 7) is 4.30. The van der Waals surface area contributed by atoms with Crippen molar-refractivity contribution in [3.8, 4) is 11.5 Å². The number of alkyl halides is 1. The molecule has 0 saturated carbocycles. The number of methoxy groups -OCH3 is 1. The summed E-state index contributed by atoms with van der Waals surface area (Å²) in [6, 6.07) is 5.41. The molecule has 0 atom stereocenters. The molecular formula is C16H17Cl2NO2. The predicted octanol–water partition coefficient (Wildman–Crippen LogP) is 4.68. The van der Waals surface area contributed by atoms with Crippen molar-refractivity contribution in [2.45, 2.75) is 26.3 Å². The third kappa shape index (κ3) is 3.60. The van der Waals surface area contributed by atoms with E-state index >= 15 is 0 Å². The van der Waals surface area contributed by atoms with E-state index in [0.717, 1.165) is 33.9 Å². The molecule has 2 rings (SSSR count). The quantitative estimate of drug-likeness (QED) is 0.748. The van der Waals surface area contributed by atoms with Crippen LogP contribution in [-0.4, -0.2) is 12.1 Å². The first kappa shape index (κ1) is 15.9. The van der Waals surface area contributed by atoms with Crippen molar-refractivity contribution in [2.75, 3.05) is 7.11 Å². The van der Waals surface area contributed by atoms with E-state index in [4.69, 9.17) is 32.7 Å². The fourth-order valence-electron chi connectivity index (χ4n) is 2.16. The van der Waals surface area contributed by atoms with Crippen LogP contribution in [0, 0.1) is 13.8 Å². The van der Waals surface area contributed by atoms with Gasteiger partial charge in [0, 0.05) is 27.9 Å². The Morgan fingerprint density at radius 2 is 2.00 bits per heavy atom. The molecule has 1 heterocycles. The van der Waals surface area contributed by atoms with Crippen molar-refractivity contribution < 1.29 is 9.47 Å². The average molecular weight is 326 g/mol. The van der Waals surface area contributed by atoms with Gasteiger partial charge in [0.05, 0.1) is 18.7 Å². The van der Waals surface area contributed by atoms with Gasteiger partial charge in [-0.3, -0.25) is 4.98 Å². The Morgan fingerprint density at radius 1 is 1.24 bits per heavy atom. The van der Waals surface area contributed by atoms with Crippen molar-refractivity contribution in [1.82, 2.24) is 4.98 Å². The SMILES string of the molecule is COc1c(C)cnc(COc2ccc(Cl)cc2CCl)c1C. The van der Waals surface area contributed by atoms with Crippen molar-refractivity contribution in [3.05, 3.63) is 51.8 Å². The standard InChI is InChI=1S/C16H17Cl2NO2/c1-10-8-19-14(11(2)16(10)20-3)9-21-15-5-4-13(18)6-12(15)7-17/h4-6,8H,7,9H2,1-3H3. The molecule has 0 bridgehead atoms. The van der Waals surface area contributed by atoms with Crippen LogP contribution in [0.3, 0.4) is 0 Å². The van der Waals surface area contributed by atoms with Crippen molar-refractivity contribution >= 4 is 23.2 Å². The zero-order valence-corrected chi connectivity index (χ0v) is 13.8. The topological polar surface area (TPSA) is 31.4 Å². The van der Waals surface area contributed by atoms with Crippen LogP contribution in [0.1, 0.15) is 22.4 Å². The van der Waals surface area contributed by atoms with Crippen molar-refractivity contribution in [1.29, 1.82) is 0 Å². The highest BCUT2D eigenvalue weighted by atomic mass is 35.5. The second-order valence-corrected chi connectivity index (χ2v) is 5.42. The third-order valence-electron chi connectivity index (χ3n) is 3.28. The van der Waals surface area contributed by atoms with E-state index in [1.807, 2.05) is 19.9 Å². The Kier molecular flexibility index (Phi) is 5.32. The zero-order valence-electron chi connectivity index (χ0n) is 12.2. The molecule has 1 aromatic carbocycles. The second-order valence-electron chi connectivity index (χ2n) is 4.72. The summed E-state index contributed by atoms with van der Waals surface area (Å²) in [5.41, 5.74) is 3.69. The van der Waals surface area contributed by atoms with Gasteiger partial charge in [0.1, 0.15) is 18.1 Å². The number of aromatic nitrogens is 1. The van der Waals surface area contributed by atoms with Gasteiger partial charge in [-0.15, -0.1) is 11.6 Å². The van der Waals surface area contributed by atoms with Crippen molar-refractivity contribution in [3.63, 3.8) is 0 Å². The summed E-state index contributed by atoms with van der Waals surface area (Å²) in [5.74, 6) is 1.91. The number of rotatable bonds is 5. The number of benzene rings is 1. The predicted molar refractivity (Wildman–Crippen MR) is 85.6 cm³/mol. The minimum atomic E-state index is 0.347. The van der Waals surface area contributed by atoms with E-state index in [0.29, 0.717) is 17.5 Å². The van der Waals surface area contributed by atoms with Gasteiger partial charge in [0.2, 0.25) is 0 Å². The Hall–Kier alpha value is -1.45. The highest BCUT2D eigenvalue weighted by Gasteiger charge is 2.11. The molecule has 21 heavy (non-hydrogen) atoms. The lowest BCUT2D eigenvalue weighted by Crippen LogP contribution is -2.05. The molecule has 0 fully saturated rings. The minimum Gasteiger partial charge on any atom is -0.496 e. The fourth-order valence-corrected chi connectivity index (χ4v) is 2.56. The first-order chi connectivity index (χ1) is 10.1. The van der Waals surface area contributed by atoms with E-state index in [1.54, 1.807) is 25.4 Å². The van der Waals surface area contributed by atoms with E-state index in [-0.39, 0.29) is 0 Å². The Bertz CT molecular complexity index is 644. The molecule has 5 heteroatoms. The summed E-state index contributed by atoms with van der Waals surface area (Å²) in [7, 11) is 1.66. The number of hydrogen-bond acceptors (Lipinski definition) is 3. The van der Waals surface area contributed by atoms with Crippen LogP contribution < -0.4 is 9.47 Å². The molecule has 0 spiro atoms. The highest BCUT2D eigenvalue weighted by Crippen LogP contribution is 2.27. The molecule has 0 radical (unpaired) electrons. The average Bonchev–Trinajstić information content (AvgIpc) is 2.48. The normalized spacial score (nSPS) is 10.5. The molecule has 0 N–H and O–H groups in total. The van der Waals surface area contributed by atoms with Crippen LogP contribution in [0.15, 0.2) is 24.4 Å². The Balaban J connectivity index is 2.21. The largest absolute Gasteiger partial charge is 0.496 e. The lowest BCUT2D eigenvalue weighted by Gasteiger charge is -2.14. The second kappa shape index (κ2) is 7.01. The van der Waals surface area contributed by atoms with Crippen LogP contribution >= 0.6 is 23.2 Å². The number of hydrogen-bond donors (Lipinski definition) is 0. The first-order valence-corrected chi connectivity index (χ1v) is 7.44. The molecule has 0 saturated heterocycles. The zero-order chi connectivity index (χ0) is 15.4.